The third kappa shape index (κ3) is 4.99. The lowest BCUT2D eigenvalue weighted by atomic mass is 10.2. The molecule has 0 aliphatic rings. The summed E-state index contributed by atoms with van der Waals surface area (Å²) in [5.41, 5.74) is 0.603. The Labute approximate surface area is 122 Å². The molecule has 0 bridgehead atoms. The Morgan fingerprint density at radius 2 is 1.52 bits per heavy atom. The molecule has 0 fully saturated rings. The number of nitrogens with one attached hydrogen (secondary N) is 1. The average Bonchev–Trinajstić information content (AvgIpc) is 2.48. The Morgan fingerprint density at radius 1 is 0.905 bits per heavy atom. The molecule has 21 heavy (non-hydrogen) atoms. The number of carboxylic acids is 1. The standard InChI is InChI=1S/C16H15NO4/c18-15(10-11-16(19)20)17-12-6-8-14(9-7-12)21-13-4-2-1-3-5-13/h1-9H,10-11H2,(H,17,18)(H,19,20). The number of ether oxygens (including phenoxy) is 1. The van der Waals surface area contributed by atoms with Gasteiger partial charge in [-0.1, -0.05) is 18.2 Å². The van der Waals surface area contributed by atoms with Crippen molar-refractivity contribution in [1.82, 2.24) is 0 Å². The van der Waals surface area contributed by atoms with E-state index in [0.29, 0.717) is 11.4 Å². The molecule has 5 heteroatoms. The van der Waals surface area contributed by atoms with E-state index in [4.69, 9.17) is 9.84 Å². The molecule has 1 amide bonds. The van der Waals surface area contributed by atoms with Gasteiger partial charge in [-0.25, -0.2) is 0 Å². The second kappa shape index (κ2) is 7.09. The summed E-state index contributed by atoms with van der Waals surface area (Å²) < 4.78 is 5.63. The van der Waals surface area contributed by atoms with Gasteiger partial charge in [0.1, 0.15) is 11.5 Å². The fraction of sp³-hybridized carbons (Fsp3) is 0.125. The molecule has 0 aromatic heterocycles. The summed E-state index contributed by atoms with van der Waals surface area (Å²) in [7, 11) is 0. The summed E-state index contributed by atoms with van der Waals surface area (Å²) in [5, 5.41) is 11.1. The van der Waals surface area contributed by atoms with E-state index < -0.39 is 5.97 Å². The van der Waals surface area contributed by atoms with Crippen molar-refractivity contribution in [3.05, 3.63) is 54.6 Å². The quantitative estimate of drug-likeness (QED) is 0.854. The largest absolute Gasteiger partial charge is 0.481 e. The molecule has 2 N–H and O–H groups in total. The molecule has 0 radical (unpaired) electrons. The van der Waals surface area contributed by atoms with Crippen LogP contribution in [0.3, 0.4) is 0 Å². The lowest BCUT2D eigenvalue weighted by Crippen LogP contribution is -2.12. The Hall–Kier alpha value is -2.82. The van der Waals surface area contributed by atoms with Gasteiger partial charge in [-0.3, -0.25) is 9.59 Å². The van der Waals surface area contributed by atoms with Crippen LogP contribution in [0.1, 0.15) is 12.8 Å². The van der Waals surface area contributed by atoms with Gasteiger partial charge >= 0.3 is 5.97 Å². The molecule has 0 unspecified atom stereocenters. The van der Waals surface area contributed by atoms with Crippen molar-refractivity contribution in [2.45, 2.75) is 12.8 Å². The number of carbonyl (C=O) groups excluding carboxylic acids is 1. The first-order valence-electron chi connectivity index (χ1n) is 6.48. The molecular weight excluding hydrogens is 270 g/mol. The normalized spacial score (nSPS) is 9.90. The molecule has 0 heterocycles. The van der Waals surface area contributed by atoms with Crippen molar-refractivity contribution in [2.75, 3.05) is 5.32 Å². The van der Waals surface area contributed by atoms with E-state index in [1.54, 1.807) is 24.3 Å². The molecule has 5 nitrogen and oxygen atoms in total. The number of amides is 1. The van der Waals surface area contributed by atoms with Gasteiger partial charge < -0.3 is 15.2 Å². The molecule has 0 spiro atoms. The highest BCUT2D eigenvalue weighted by molar-refractivity contribution is 5.92. The van der Waals surface area contributed by atoms with Crippen LogP contribution in [0.15, 0.2) is 54.6 Å². The zero-order valence-corrected chi connectivity index (χ0v) is 11.3. The second-order valence-corrected chi connectivity index (χ2v) is 4.38. The van der Waals surface area contributed by atoms with Gasteiger partial charge in [0.25, 0.3) is 0 Å². The van der Waals surface area contributed by atoms with Gasteiger partial charge in [-0.15, -0.1) is 0 Å². The minimum Gasteiger partial charge on any atom is -0.481 e. The Balaban J connectivity index is 1.90. The van der Waals surface area contributed by atoms with Crippen LogP contribution in [0.5, 0.6) is 11.5 Å². The maximum Gasteiger partial charge on any atom is 0.303 e. The lowest BCUT2D eigenvalue weighted by molar-refractivity contribution is -0.138. The van der Waals surface area contributed by atoms with Gasteiger partial charge in [0, 0.05) is 12.1 Å². The van der Waals surface area contributed by atoms with Gasteiger partial charge in [-0.05, 0) is 36.4 Å². The van der Waals surface area contributed by atoms with Gasteiger partial charge in [0.05, 0.1) is 6.42 Å². The highest BCUT2D eigenvalue weighted by Gasteiger charge is 2.06. The predicted octanol–water partition coefficient (Wildman–Crippen LogP) is 3.28. The fourth-order valence-electron chi connectivity index (χ4n) is 1.67. The topological polar surface area (TPSA) is 75.6 Å². The molecule has 0 atom stereocenters. The van der Waals surface area contributed by atoms with Crippen LogP contribution in [0.2, 0.25) is 0 Å². The minimum atomic E-state index is -0.989. The molecule has 108 valence electrons. The number of para-hydroxylation sites is 1. The van der Waals surface area contributed by atoms with Crippen molar-refractivity contribution in [1.29, 1.82) is 0 Å². The number of hydrogen-bond acceptors (Lipinski definition) is 3. The lowest BCUT2D eigenvalue weighted by Gasteiger charge is -2.07. The van der Waals surface area contributed by atoms with Crippen LogP contribution in [0, 0.1) is 0 Å². The maximum absolute atomic E-state index is 11.5. The van der Waals surface area contributed by atoms with Crippen LogP contribution >= 0.6 is 0 Å². The van der Waals surface area contributed by atoms with E-state index >= 15 is 0 Å². The third-order valence-corrected chi connectivity index (χ3v) is 2.68. The van der Waals surface area contributed by atoms with Gasteiger partial charge in [0.2, 0.25) is 5.91 Å². The van der Waals surface area contributed by atoms with Crippen LogP contribution in [0.25, 0.3) is 0 Å². The first kappa shape index (κ1) is 14.6. The van der Waals surface area contributed by atoms with Crippen molar-refractivity contribution in [3.63, 3.8) is 0 Å². The second-order valence-electron chi connectivity index (χ2n) is 4.38. The smallest absolute Gasteiger partial charge is 0.303 e. The molecule has 0 aliphatic heterocycles. The fourth-order valence-corrected chi connectivity index (χ4v) is 1.67. The van der Waals surface area contributed by atoms with Gasteiger partial charge in [0.15, 0.2) is 0 Å². The van der Waals surface area contributed by atoms with E-state index in [-0.39, 0.29) is 18.7 Å². The first-order chi connectivity index (χ1) is 10.1. The van der Waals surface area contributed by atoms with Gasteiger partial charge in [-0.2, -0.15) is 0 Å². The Bertz CT molecular complexity index is 608. The molecule has 2 rings (SSSR count). The highest BCUT2D eigenvalue weighted by atomic mass is 16.5. The third-order valence-electron chi connectivity index (χ3n) is 2.68. The Kier molecular flexibility index (Phi) is 4.93. The summed E-state index contributed by atoms with van der Waals surface area (Å²) in [4.78, 5) is 21.9. The molecular formula is C16H15NO4. The van der Waals surface area contributed by atoms with Crippen molar-refractivity contribution in [3.8, 4) is 11.5 Å². The number of carbonyl (C=O) groups is 2. The minimum absolute atomic E-state index is 0.0440. The molecule has 0 aliphatic carbocycles. The number of anilines is 1. The number of aliphatic carboxylic acids is 1. The van der Waals surface area contributed by atoms with Crippen molar-refractivity contribution >= 4 is 17.6 Å². The molecule has 0 saturated heterocycles. The van der Waals surface area contributed by atoms with E-state index in [1.807, 2.05) is 30.3 Å². The number of rotatable bonds is 6. The summed E-state index contributed by atoms with van der Waals surface area (Å²) in [6.45, 7) is 0. The summed E-state index contributed by atoms with van der Waals surface area (Å²) >= 11 is 0. The predicted molar refractivity (Wildman–Crippen MR) is 78.5 cm³/mol. The van der Waals surface area contributed by atoms with Crippen LogP contribution < -0.4 is 10.1 Å². The van der Waals surface area contributed by atoms with Crippen LogP contribution in [-0.4, -0.2) is 17.0 Å². The summed E-state index contributed by atoms with van der Waals surface area (Å²) in [6.07, 6.45) is -0.224. The van der Waals surface area contributed by atoms with Crippen molar-refractivity contribution < 1.29 is 19.4 Å². The van der Waals surface area contributed by atoms with E-state index in [0.717, 1.165) is 5.75 Å². The first-order valence-corrected chi connectivity index (χ1v) is 6.48. The monoisotopic (exact) mass is 285 g/mol. The molecule has 2 aromatic rings. The van der Waals surface area contributed by atoms with E-state index in [2.05, 4.69) is 5.32 Å². The molecule has 2 aromatic carbocycles. The molecule has 0 saturated carbocycles. The maximum atomic E-state index is 11.5. The number of hydrogen-bond donors (Lipinski definition) is 2. The zero-order chi connectivity index (χ0) is 15.1. The summed E-state index contributed by atoms with van der Waals surface area (Å²) in [5.74, 6) is 0.0753. The van der Waals surface area contributed by atoms with Crippen LogP contribution in [0.4, 0.5) is 5.69 Å². The van der Waals surface area contributed by atoms with Crippen LogP contribution in [-0.2, 0) is 9.59 Å². The SMILES string of the molecule is O=C(O)CCC(=O)Nc1ccc(Oc2ccccc2)cc1. The zero-order valence-electron chi connectivity index (χ0n) is 11.3. The highest BCUT2D eigenvalue weighted by Crippen LogP contribution is 2.22. The Morgan fingerprint density at radius 3 is 2.14 bits per heavy atom. The average molecular weight is 285 g/mol. The summed E-state index contributed by atoms with van der Waals surface area (Å²) in [6, 6.07) is 16.2. The van der Waals surface area contributed by atoms with E-state index in [9.17, 15) is 9.59 Å². The number of benzene rings is 2. The van der Waals surface area contributed by atoms with E-state index in [1.165, 1.54) is 0 Å². The number of carboxylic acid groups (broad SMARTS) is 1. The van der Waals surface area contributed by atoms with Crippen molar-refractivity contribution in [2.24, 2.45) is 0 Å².